The zero-order valence-electron chi connectivity index (χ0n) is 11.3. The number of carbonyl (C=O) groups excluding carboxylic acids is 2. The number of ether oxygens (including phenoxy) is 3. The molecule has 6 heteroatoms. The van der Waals surface area contributed by atoms with Gasteiger partial charge in [0.1, 0.15) is 5.75 Å². The molecule has 1 aromatic carbocycles. The Morgan fingerprint density at radius 3 is 2.80 bits per heavy atom. The van der Waals surface area contributed by atoms with Crippen LogP contribution in [0.1, 0.15) is 6.42 Å². The van der Waals surface area contributed by atoms with Gasteiger partial charge in [0.2, 0.25) is 0 Å². The Labute approximate surface area is 117 Å². The SMILES string of the molecule is COC(=O)CC1CN(C(=O)Oc2ccccc2)CCO1. The van der Waals surface area contributed by atoms with Crippen LogP contribution in [0.2, 0.25) is 0 Å². The van der Waals surface area contributed by atoms with Gasteiger partial charge < -0.3 is 19.1 Å². The first-order chi connectivity index (χ1) is 9.69. The van der Waals surface area contributed by atoms with Crippen molar-refractivity contribution in [1.82, 2.24) is 4.90 Å². The Morgan fingerprint density at radius 1 is 1.35 bits per heavy atom. The van der Waals surface area contributed by atoms with Crippen LogP contribution in [0, 0.1) is 0 Å². The summed E-state index contributed by atoms with van der Waals surface area (Å²) in [6, 6.07) is 8.86. The molecule has 0 radical (unpaired) electrons. The number of morpholine rings is 1. The van der Waals surface area contributed by atoms with E-state index in [1.165, 1.54) is 12.0 Å². The second kappa shape index (κ2) is 6.91. The lowest BCUT2D eigenvalue weighted by Gasteiger charge is -2.31. The first-order valence-electron chi connectivity index (χ1n) is 6.39. The van der Waals surface area contributed by atoms with E-state index in [0.29, 0.717) is 25.4 Å². The number of benzene rings is 1. The van der Waals surface area contributed by atoms with Gasteiger partial charge in [0.15, 0.2) is 0 Å². The van der Waals surface area contributed by atoms with Crippen molar-refractivity contribution >= 4 is 12.1 Å². The molecule has 0 saturated carbocycles. The van der Waals surface area contributed by atoms with Crippen LogP contribution >= 0.6 is 0 Å². The van der Waals surface area contributed by atoms with E-state index in [0.717, 1.165) is 0 Å². The zero-order chi connectivity index (χ0) is 14.4. The molecular formula is C14H17NO5. The van der Waals surface area contributed by atoms with Crippen molar-refractivity contribution in [3.63, 3.8) is 0 Å². The number of hydrogen-bond acceptors (Lipinski definition) is 5. The molecule has 1 unspecified atom stereocenters. The minimum absolute atomic E-state index is 0.131. The molecule has 0 aromatic heterocycles. The number of methoxy groups -OCH3 is 1. The quantitative estimate of drug-likeness (QED) is 0.783. The average Bonchev–Trinajstić information content (AvgIpc) is 2.48. The van der Waals surface area contributed by atoms with E-state index in [9.17, 15) is 9.59 Å². The monoisotopic (exact) mass is 279 g/mol. The summed E-state index contributed by atoms with van der Waals surface area (Å²) in [5, 5.41) is 0. The minimum atomic E-state index is -0.436. The molecule has 1 aliphatic heterocycles. The number of hydrogen-bond donors (Lipinski definition) is 0. The highest BCUT2D eigenvalue weighted by Gasteiger charge is 2.27. The van der Waals surface area contributed by atoms with E-state index in [2.05, 4.69) is 4.74 Å². The van der Waals surface area contributed by atoms with Crippen LogP contribution in [-0.2, 0) is 14.3 Å². The van der Waals surface area contributed by atoms with E-state index in [-0.39, 0.29) is 18.5 Å². The third-order valence-electron chi connectivity index (χ3n) is 2.97. The molecule has 0 N–H and O–H groups in total. The summed E-state index contributed by atoms with van der Waals surface area (Å²) in [6.07, 6.45) is -0.653. The van der Waals surface area contributed by atoms with E-state index >= 15 is 0 Å². The van der Waals surface area contributed by atoms with Gasteiger partial charge in [-0.1, -0.05) is 18.2 Å². The number of amides is 1. The molecule has 0 aliphatic carbocycles. The van der Waals surface area contributed by atoms with E-state index in [1.54, 1.807) is 24.3 Å². The van der Waals surface area contributed by atoms with Crippen LogP contribution in [0.15, 0.2) is 30.3 Å². The van der Waals surface area contributed by atoms with Gasteiger partial charge in [0.05, 0.1) is 32.8 Å². The van der Waals surface area contributed by atoms with E-state index in [1.807, 2.05) is 6.07 Å². The molecule has 108 valence electrons. The average molecular weight is 279 g/mol. The van der Waals surface area contributed by atoms with Gasteiger partial charge in [-0.2, -0.15) is 0 Å². The largest absolute Gasteiger partial charge is 0.469 e. The maximum atomic E-state index is 12.0. The highest BCUT2D eigenvalue weighted by Crippen LogP contribution is 2.14. The molecule has 2 rings (SSSR count). The van der Waals surface area contributed by atoms with Gasteiger partial charge in [-0.3, -0.25) is 4.79 Å². The highest BCUT2D eigenvalue weighted by molar-refractivity contribution is 5.72. The van der Waals surface area contributed by atoms with Crippen LogP contribution in [-0.4, -0.2) is 49.9 Å². The summed E-state index contributed by atoms with van der Waals surface area (Å²) in [6.45, 7) is 1.15. The number of para-hydroxylation sites is 1. The van der Waals surface area contributed by atoms with Crippen LogP contribution in [0.3, 0.4) is 0 Å². The predicted molar refractivity (Wildman–Crippen MR) is 70.4 cm³/mol. The van der Waals surface area contributed by atoms with Gasteiger partial charge in [0.25, 0.3) is 0 Å². The first-order valence-corrected chi connectivity index (χ1v) is 6.39. The van der Waals surface area contributed by atoms with Crippen LogP contribution < -0.4 is 4.74 Å². The Kier molecular flexibility index (Phi) is 4.95. The Bertz CT molecular complexity index is 462. The van der Waals surface area contributed by atoms with Gasteiger partial charge in [-0.15, -0.1) is 0 Å². The van der Waals surface area contributed by atoms with Crippen LogP contribution in [0.25, 0.3) is 0 Å². The Hall–Kier alpha value is -2.08. The lowest BCUT2D eigenvalue weighted by atomic mass is 10.2. The van der Waals surface area contributed by atoms with Crippen LogP contribution in [0.4, 0.5) is 4.79 Å². The fraction of sp³-hybridized carbons (Fsp3) is 0.429. The zero-order valence-corrected chi connectivity index (χ0v) is 11.3. The molecule has 6 nitrogen and oxygen atoms in total. The smallest absolute Gasteiger partial charge is 0.415 e. The second-order valence-electron chi connectivity index (χ2n) is 4.40. The molecule has 1 saturated heterocycles. The molecule has 0 spiro atoms. The summed E-state index contributed by atoms with van der Waals surface area (Å²) in [5.74, 6) is 0.141. The minimum Gasteiger partial charge on any atom is -0.469 e. The number of carbonyl (C=O) groups is 2. The van der Waals surface area contributed by atoms with Crippen molar-refractivity contribution in [3.05, 3.63) is 30.3 Å². The van der Waals surface area contributed by atoms with Crippen molar-refractivity contribution in [2.24, 2.45) is 0 Å². The summed E-state index contributed by atoms with van der Waals surface area (Å²) >= 11 is 0. The molecule has 20 heavy (non-hydrogen) atoms. The summed E-state index contributed by atoms with van der Waals surface area (Å²) in [5.41, 5.74) is 0. The predicted octanol–water partition coefficient (Wildman–Crippen LogP) is 1.45. The molecule has 1 fully saturated rings. The maximum absolute atomic E-state index is 12.0. The Morgan fingerprint density at radius 2 is 2.10 bits per heavy atom. The third kappa shape index (κ3) is 3.96. The lowest BCUT2D eigenvalue weighted by Crippen LogP contribution is -2.47. The molecule has 1 aliphatic rings. The van der Waals surface area contributed by atoms with Crippen molar-refractivity contribution < 1.29 is 23.8 Å². The number of esters is 1. The number of rotatable bonds is 3. The van der Waals surface area contributed by atoms with Crippen LogP contribution in [0.5, 0.6) is 5.75 Å². The standard InChI is InChI=1S/C14H17NO5/c1-18-13(16)9-12-10-15(7-8-19-12)14(17)20-11-5-3-2-4-6-11/h2-6,12H,7-10H2,1H3. The molecule has 0 bridgehead atoms. The first kappa shape index (κ1) is 14.3. The van der Waals surface area contributed by atoms with Gasteiger partial charge >= 0.3 is 12.1 Å². The summed E-state index contributed by atoms with van der Waals surface area (Å²) in [7, 11) is 1.33. The molecular weight excluding hydrogens is 262 g/mol. The Balaban J connectivity index is 1.88. The van der Waals surface area contributed by atoms with Crippen molar-refractivity contribution in [3.8, 4) is 5.75 Å². The van der Waals surface area contributed by atoms with Crippen molar-refractivity contribution in [1.29, 1.82) is 0 Å². The fourth-order valence-corrected chi connectivity index (χ4v) is 1.93. The molecule has 1 atom stereocenters. The molecule has 1 amide bonds. The van der Waals surface area contributed by atoms with Crippen molar-refractivity contribution in [2.75, 3.05) is 26.8 Å². The van der Waals surface area contributed by atoms with Crippen molar-refractivity contribution in [2.45, 2.75) is 12.5 Å². The fourth-order valence-electron chi connectivity index (χ4n) is 1.93. The number of nitrogens with zero attached hydrogens (tertiary/aromatic N) is 1. The normalized spacial score (nSPS) is 18.4. The highest BCUT2D eigenvalue weighted by atomic mass is 16.6. The van der Waals surface area contributed by atoms with Gasteiger partial charge in [-0.05, 0) is 12.1 Å². The van der Waals surface area contributed by atoms with Gasteiger partial charge in [-0.25, -0.2) is 4.79 Å². The third-order valence-corrected chi connectivity index (χ3v) is 2.97. The van der Waals surface area contributed by atoms with Gasteiger partial charge in [0, 0.05) is 6.54 Å². The molecule has 1 aromatic rings. The maximum Gasteiger partial charge on any atom is 0.415 e. The van der Waals surface area contributed by atoms with E-state index in [4.69, 9.17) is 9.47 Å². The van der Waals surface area contributed by atoms with E-state index < -0.39 is 6.09 Å². The lowest BCUT2D eigenvalue weighted by molar-refractivity contribution is -0.145. The summed E-state index contributed by atoms with van der Waals surface area (Å²) < 4.78 is 15.3. The molecule has 1 heterocycles. The topological polar surface area (TPSA) is 65.1 Å². The second-order valence-corrected chi connectivity index (χ2v) is 4.40. The summed E-state index contributed by atoms with van der Waals surface area (Å²) in [4.78, 5) is 24.7.